The third kappa shape index (κ3) is 1.78. The largest absolute Gasteiger partial charge is 0.319 e. The van der Waals surface area contributed by atoms with Gasteiger partial charge in [-0.3, -0.25) is 0 Å². The van der Waals surface area contributed by atoms with Crippen molar-refractivity contribution in [3.8, 4) is 0 Å². The molecule has 0 saturated carbocycles. The zero-order valence-corrected chi connectivity index (χ0v) is 9.91. The van der Waals surface area contributed by atoms with Crippen LogP contribution in [0.1, 0.15) is 11.5 Å². The molecule has 70 valence electrons. The maximum absolute atomic E-state index is 3.62. The summed E-state index contributed by atoms with van der Waals surface area (Å²) < 4.78 is 1.26. The molecule has 0 bridgehead atoms. The molecule has 0 aromatic heterocycles. The molecule has 1 heterocycles. The Morgan fingerprint density at radius 1 is 1.62 bits per heavy atom. The maximum Gasteiger partial charge on any atom is 0.0222 e. The molecule has 1 aromatic rings. The fraction of sp³-hybridized carbons (Fsp3) is 0.400. The molecule has 2 rings (SSSR count). The first-order valence-corrected chi connectivity index (χ1v) is 6.16. The van der Waals surface area contributed by atoms with E-state index >= 15 is 0 Å². The lowest BCUT2D eigenvalue weighted by Gasteiger charge is -2.10. The highest BCUT2D eigenvalue weighted by atomic mass is 79.9. The molecule has 1 aromatic carbocycles. The van der Waals surface area contributed by atoms with Crippen LogP contribution in [-0.2, 0) is 0 Å². The number of halogens is 1. The van der Waals surface area contributed by atoms with Gasteiger partial charge in [0, 0.05) is 27.6 Å². The summed E-state index contributed by atoms with van der Waals surface area (Å²) in [7, 11) is 2.01. The number of thioether (sulfide) groups is 1. The minimum absolute atomic E-state index is 0.667. The molecule has 0 spiro atoms. The van der Waals surface area contributed by atoms with Crippen LogP contribution in [0.2, 0.25) is 0 Å². The van der Waals surface area contributed by atoms with Gasteiger partial charge in [-0.1, -0.05) is 22.0 Å². The molecular weight excluding hydrogens is 246 g/mol. The van der Waals surface area contributed by atoms with Gasteiger partial charge in [0.25, 0.3) is 0 Å². The van der Waals surface area contributed by atoms with Crippen molar-refractivity contribution in [2.75, 3.05) is 19.3 Å². The van der Waals surface area contributed by atoms with Gasteiger partial charge in [0.1, 0.15) is 0 Å². The first kappa shape index (κ1) is 9.56. The Hall–Kier alpha value is 0.01000. The summed E-state index contributed by atoms with van der Waals surface area (Å²) in [5.41, 5.74) is 1.49. The van der Waals surface area contributed by atoms with Crippen molar-refractivity contribution in [2.45, 2.75) is 10.8 Å². The molecule has 0 aliphatic carbocycles. The van der Waals surface area contributed by atoms with E-state index < -0.39 is 0 Å². The van der Waals surface area contributed by atoms with Crippen molar-refractivity contribution in [3.63, 3.8) is 0 Å². The molecule has 0 amide bonds. The Morgan fingerprint density at radius 3 is 3.23 bits per heavy atom. The average molecular weight is 258 g/mol. The van der Waals surface area contributed by atoms with E-state index in [9.17, 15) is 0 Å². The van der Waals surface area contributed by atoms with E-state index in [1.807, 2.05) is 18.8 Å². The quantitative estimate of drug-likeness (QED) is 0.875. The Balaban J connectivity index is 2.34. The molecule has 1 atom stereocenters. The first-order chi connectivity index (χ1) is 6.33. The fourth-order valence-electron chi connectivity index (χ4n) is 1.72. The van der Waals surface area contributed by atoms with Crippen LogP contribution in [-0.4, -0.2) is 19.3 Å². The minimum Gasteiger partial charge on any atom is -0.319 e. The van der Waals surface area contributed by atoms with E-state index in [0.29, 0.717) is 5.92 Å². The minimum atomic E-state index is 0.667. The molecule has 1 unspecified atom stereocenters. The Labute approximate surface area is 91.4 Å². The molecule has 0 fully saturated rings. The lowest BCUT2D eigenvalue weighted by Crippen LogP contribution is -2.17. The van der Waals surface area contributed by atoms with Crippen LogP contribution < -0.4 is 5.32 Å². The van der Waals surface area contributed by atoms with Crippen LogP contribution in [0.25, 0.3) is 0 Å². The first-order valence-electron chi connectivity index (χ1n) is 4.38. The van der Waals surface area contributed by atoms with Gasteiger partial charge in [-0.05, 0) is 24.7 Å². The second kappa shape index (κ2) is 4.03. The lowest BCUT2D eigenvalue weighted by atomic mass is 10.0. The summed E-state index contributed by atoms with van der Waals surface area (Å²) in [6, 6.07) is 6.45. The van der Waals surface area contributed by atoms with E-state index in [4.69, 9.17) is 0 Å². The van der Waals surface area contributed by atoms with Crippen molar-refractivity contribution in [1.29, 1.82) is 0 Å². The van der Waals surface area contributed by atoms with E-state index in [1.54, 1.807) is 0 Å². The van der Waals surface area contributed by atoms with Gasteiger partial charge in [-0.25, -0.2) is 0 Å². The van der Waals surface area contributed by atoms with E-state index in [2.05, 4.69) is 39.4 Å². The fourth-order valence-corrected chi connectivity index (χ4v) is 3.81. The number of benzene rings is 1. The van der Waals surface area contributed by atoms with Gasteiger partial charge in [-0.15, -0.1) is 11.8 Å². The van der Waals surface area contributed by atoms with Crippen molar-refractivity contribution in [3.05, 3.63) is 28.2 Å². The van der Waals surface area contributed by atoms with Crippen LogP contribution in [0.15, 0.2) is 27.6 Å². The van der Waals surface area contributed by atoms with Crippen molar-refractivity contribution in [1.82, 2.24) is 5.32 Å². The SMILES string of the molecule is CNCC1CSc2cccc(Br)c21. The zero-order valence-electron chi connectivity index (χ0n) is 7.51. The highest BCUT2D eigenvalue weighted by Gasteiger charge is 2.24. The monoisotopic (exact) mass is 257 g/mol. The third-order valence-corrected chi connectivity index (χ3v) is 4.24. The van der Waals surface area contributed by atoms with Gasteiger partial charge < -0.3 is 5.32 Å². The molecule has 1 aliphatic heterocycles. The Morgan fingerprint density at radius 2 is 2.46 bits per heavy atom. The maximum atomic E-state index is 3.62. The molecule has 0 saturated heterocycles. The highest BCUT2D eigenvalue weighted by Crippen LogP contribution is 2.42. The van der Waals surface area contributed by atoms with Crippen LogP contribution in [0.4, 0.5) is 0 Å². The molecule has 3 heteroatoms. The third-order valence-electron chi connectivity index (χ3n) is 2.31. The molecule has 13 heavy (non-hydrogen) atoms. The molecular formula is C10H12BrNS. The predicted octanol–water partition coefficient (Wildman–Crippen LogP) is 2.86. The summed E-state index contributed by atoms with van der Waals surface area (Å²) in [6.07, 6.45) is 0. The summed E-state index contributed by atoms with van der Waals surface area (Å²) >= 11 is 5.58. The number of hydrogen-bond acceptors (Lipinski definition) is 2. The standard InChI is InChI=1S/C10H12BrNS/c1-12-5-7-6-13-9-4-2-3-8(11)10(7)9/h2-4,7,12H,5-6H2,1H3. The van der Waals surface area contributed by atoms with E-state index in [1.165, 1.54) is 20.7 Å². The molecule has 1 nitrogen and oxygen atoms in total. The molecule has 1 aliphatic rings. The summed E-state index contributed by atoms with van der Waals surface area (Å²) in [4.78, 5) is 1.44. The van der Waals surface area contributed by atoms with Crippen molar-refractivity contribution in [2.24, 2.45) is 0 Å². The van der Waals surface area contributed by atoms with Gasteiger partial charge in [-0.2, -0.15) is 0 Å². The van der Waals surface area contributed by atoms with Gasteiger partial charge in [0.2, 0.25) is 0 Å². The Bertz CT molecular complexity index is 312. The summed E-state index contributed by atoms with van der Waals surface area (Å²) in [6.45, 7) is 1.07. The molecule has 1 N–H and O–H groups in total. The topological polar surface area (TPSA) is 12.0 Å². The van der Waals surface area contributed by atoms with E-state index in [0.717, 1.165) is 6.54 Å². The van der Waals surface area contributed by atoms with Gasteiger partial charge in [0.15, 0.2) is 0 Å². The van der Waals surface area contributed by atoms with Crippen LogP contribution in [0.5, 0.6) is 0 Å². The summed E-state index contributed by atoms with van der Waals surface area (Å²) in [5, 5.41) is 3.24. The second-order valence-corrected chi connectivity index (χ2v) is 5.13. The van der Waals surface area contributed by atoms with Crippen molar-refractivity contribution >= 4 is 27.7 Å². The lowest BCUT2D eigenvalue weighted by molar-refractivity contribution is 0.684. The number of rotatable bonds is 2. The van der Waals surface area contributed by atoms with Gasteiger partial charge in [0.05, 0.1) is 0 Å². The second-order valence-electron chi connectivity index (χ2n) is 3.22. The number of hydrogen-bond donors (Lipinski definition) is 1. The normalized spacial score (nSPS) is 20.3. The Kier molecular flexibility index (Phi) is 2.96. The zero-order chi connectivity index (χ0) is 9.26. The van der Waals surface area contributed by atoms with Crippen LogP contribution >= 0.6 is 27.7 Å². The van der Waals surface area contributed by atoms with Crippen LogP contribution in [0.3, 0.4) is 0 Å². The van der Waals surface area contributed by atoms with Gasteiger partial charge >= 0.3 is 0 Å². The average Bonchev–Trinajstić information content (AvgIpc) is 2.51. The highest BCUT2D eigenvalue weighted by molar-refractivity contribution is 9.10. The predicted molar refractivity (Wildman–Crippen MR) is 61.5 cm³/mol. The number of fused-ring (bicyclic) bond motifs is 1. The summed E-state index contributed by atoms with van der Waals surface area (Å²) in [5.74, 6) is 1.87. The number of likely N-dealkylation sites (N-methyl/N-ethyl adjacent to an activating group) is 1. The van der Waals surface area contributed by atoms with Crippen LogP contribution in [0, 0.1) is 0 Å². The smallest absolute Gasteiger partial charge is 0.0222 e. The van der Waals surface area contributed by atoms with Crippen molar-refractivity contribution < 1.29 is 0 Å². The number of nitrogens with one attached hydrogen (secondary N) is 1. The molecule has 0 radical (unpaired) electrons. The van der Waals surface area contributed by atoms with E-state index in [-0.39, 0.29) is 0 Å².